The molecule has 2 aliphatic rings. The maximum absolute atomic E-state index is 3.74. The minimum absolute atomic E-state index is 0.759. The minimum Gasteiger partial charge on any atom is -0.309 e. The summed E-state index contributed by atoms with van der Waals surface area (Å²) in [6, 6.07) is 128. The largest absolute Gasteiger partial charge is 0.309 e. The van der Waals surface area contributed by atoms with Gasteiger partial charge in [0.25, 0.3) is 0 Å². The second kappa shape index (κ2) is 28.4. The van der Waals surface area contributed by atoms with Crippen molar-refractivity contribution in [2.75, 3.05) is 0 Å². The maximum atomic E-state index is 3.74. The molecular formula is C104H72Br4N4. The quantitative estimate of drug-likeness (QED) is 0.167. The lowest BCUT2D eigenvalue weighted by atomic mass is 9.92. The second-order valence-corrected chi connectivity index (χ2v) is 34.5. The number of rotatable bonds is 4. The Morgan fingerprint density at radius 2 is 0.259 bits per heavy atom. The summed E-state index contributed by atoms with van der Waals surface area (Å²) in [6.07, 6.45) is 6.67. The van der Waals surface area contributed by atoms with Crippen molar-refractivity contribution >= 4 is 151 Å². The number of halogens is 4. The van der Waals surface area contributed by atoms with Gasteiger partial charge in [0.1, 0.15) is 0 Å². The molecule has 0 N–H and O–H groups in total. The molecular weight excluding hydrogens is 1620 g/mol. The van der Waals surface area contributed by atoms with Crippen LogP contribution in [0.1, 0.15) is 89.0 Å². The lowest BCUT2D eigenvalue weighted by Gasteiger charge is -2.18. The predicted molar refractivity (Wildman–Crippen MR) is 482 cm³/mol. The first-order chi connectivity index (χ1) is 55.0. The van der Waals surface area contributed by atoms with Crippen molar-refractivity contribution in [2.45, 2.75) is 51.4 Å². The third kappa shape index (κ3) is 13.0. The average molecular weight is 1700 g/mol. The lowest BCUT2D eigenvalue weighted by Crippen LogP contribution is -2.05. The molecule has 0 atom stereocenters. The van der Waals surface area contributed by atoms with E-state index in [9.17, 15) is 0 Å². The van der Waals surface area contributed by atoms with Gasteiger partial charge in [-0.3, -0.25) is 0 Å². The summed E-state index contributed by atoms with van der Waals surface area (Å²) >= 11 is 15.0. The third-order valence-corrected chi connectivity index (χ3v) is 24.7. The Morgan fingerprint density at radius 1 is 0.143 bits per heavy atom. The second-order valence-electron chi connectivity index (χ2n) is 30.8. The first kappa shape index (κ1) is 68.7. The van der Waals surface area contributed by atoms with Gasteiger partial charge in [-0.15, -0.1) is 0 Å². The van der Waals surface area contributed by atoms with Crippen LogP contribution < -0.4 is 0 Å². The zero-order valence-corrected chi connectivity index (χ0v) is 67.6. The van der Waals surface area contributed by atoms with Crippen LogP contribution in [0, 0.1) is 0 Å². The van der Waals surface area contributed by atoms with Gasteiger partial charge < -0.3 is 18.3 Å². The Kier molecular flexibility index (Phi) is 17.4. The Bertz CT molecular complexity index is 5990. The molecule has 0 radical (unpaired) electrons. The molecule has 22 rings (SSSR count). The van der Waals surface area contributed by atoms with Gasteiger partial charge in [-0.2, -0.15) is 0 Å². The zero-order valence-electron chi connectivity index (χ0n) is 61.3. The minimum atomic E-state index is 0.759. The number of nitrogens with zero attached hydrogens (tertiary/aromatic N) is 4. The van der Waals surface area contributed by atoms with Crippen LogP contribution in [0.25, 0.3) is 110 Å². The van der Waals surface area contributed by atoms with Crippen LogP contribution in [0.5, 0.6) is 0 Å². The summed E-state index contributed by atoms with van der Waals surface area (Å²) in [5.41, 5.74) is 35.3. The van der Waals surface area contributed by atoms with Crippen LogP contribution in [0.15, 0.2) is 358 Å². The summed E-state index contributed by atoms with van der Waals surface area (Å²) in [5, 5.41) is 10.1. The number of hydrogen-bond acceptors (Lipinski definition) is 0. The van der Waals surface area contributed by atoms with Crippen LogP contribution in [0.2, 0.25) is 0 Å². The fraction of sp³-hybridized carbons (Fsp3) is 0.0769. The van der Waals surface area contributed by atoms with Crippen molar-refractivity contribution in [3.63, 3.8) is 0 Å². The van der Waals surface area contributed by atoms with E-state index in [1.165, 1.54) is 199 Å². The molecule has 0 spiro atoms. The van der Waals surface area contributed by atoms with Crippen LogP contribution in [0.4, 0.5) is 0 Å². The summed E-state index contributed by atoms with van der Waals surface area (Å²) < 4.78 is 14.5. The summed E-state index contributed by atoms with van der Waals surface area (Å²) in [5.74, 6) is 0. The summed E-state index contributed by atoms with van der Waals surface area (Å²) in [7, 11) is 0. The number of para-hydroxylation sites is 8. The van der Waals surface area contributed by atoms with Gasteiger partial charge in [-0.1, -0.05) is 258 Å². The van der Waals surface area contributed by atoms with E-state index in [1.807, 2.05) is 0 Å². The first-order valence-electron chi connectivity index (χ1n) is 38.6. The molecule has 4 heterocycles. The molecule has 16 bridgehead atoms. The molecule has 0 aliphatic heterocycles. The molecule has 536 valence electrons. The molecule has 112 heavy (non-hydrogen) atoms. The molecule has 0 unspecified atom stereocenters. The fourth-order valence-corrected chi connectivity index (χ4v) is 21.0. The van der Waals surface area contributed by atoms with Crippen LogP contribution in [-0.2, 0) is 51.4 Å². The number of hydrogen-bond donors (Lipinski definition) is 0. The molecule has 20 aromatic rings. The van der Waals surface area contributed by atoms with Gasteiger partial charge in [-0.05, 0) is 286 Å². The Morgan fingerprint density at radius 3 is 0.393 bits per heavy atom. The summed E-state index contributed by atoms with van der Waals surface area (Å²) in [6.45, 7) is 0. The molecule has 0 amide bonds. The van der Waals surface area contributed by atoms with Crippen molar-refractivity contribution in [1.29, 1.82) is 0 Å². The monoisotopic (exact) mass is 1690 g/mol. The number of aromatic nitrogens is 4. The molecule has 16 aromatic carbocycles. The van der Waals surface area contributed by atoms with Gasteiger partial charge >= 0.3 is 0 Å². The predicted octanol–water partition coefficient (Wildman–Crippen LogP) is 28.2. The number of fused-ring (bicyclic) bond motifs is 28. The van der Waals surface area contributed by atoms with E-state index < -0.39 is 0 Å². The van der Waals surface area contributed by atoms with E-state index in [-0.39, 0.29) is 0 Å². The fourth-order valence-electron chi connectivity index (χ4n) is 18.7. The highest BCUT2D eigenvalue weighted by Gasteiger charge is 2.22. The molecule has 8 heteroatoms. The van der Waals surface area contributed by atoms with Gasteiger partial charge in [0, 0.05) is 83.7 Å². The Labute approximate surface area is 684 Å². The summed E-state index contributed by atoms with van der Waals surface area (Å²) in [4.78, 5) is 0. The lowest BCUT2D eigenvalue weighted by molar-refractivity contribution is 1.05. The van der Waals surface area contributed by atoms with E-state index in [0.29, 0.717) is 0 Å². The molecule has 2 aliphatic carbocycles. The van der Waals surface area contributed by atoms with Crippen molar-refractivity contribution in [1.82, 2.24) is 18.3 Å². The smallest absolute Gasteiger partial charge is 0.0541 e. The topological polar surface area (TPSA) is 19.7 Å². The van der Waals surface area contributed by atoms with Gasteiger partial charge in [0.05, 0.1) is 44.1 Å². The van der Waals surface area contributed by atoms with E-state index in [1.54, 1.807) is 0 Å². The van der Waals surface area contributed by atoms with Crippen molar-refractivity contribution < 1.29 is 0 Å². The molecule has 0 saturated heterocycles. The normalized spacial score (nSPS) is 12.9. The first-order valence-corrected chi connectivity index (χ1v) is 41.7. The van der Waals surface area contributed by atoms with Crippen LogP contribution in [-0.4, -0.2) is 18.3 Å². The highest BCUT2D eigenvalue weighted by atomic mass is 79.9. The highest BCUT2D eigenvalue weighted by Crippen LogP contribution is 2.41. The van der Waals surface area contributed by atoms with Crippen LogP contribution in [0.3, 0.4) is 0 Å². The standard InChI is InChI=1S/C76H52N4.C28H20Br4/c1-9-25-69-61(17-1)62-18-2-10-26-70(62)77(69)57-41-49-33-50(42-57)38-52-35-54(46-59(44-52)79-73-29-13-5-21-65(73)66-22-6-14-30-74(66)79)40-56-36-55(47-60(48-56)80-75-31-15-7-23-67(75)68-24-8-16-32-76(68)80)39-53-34-51(37-49)43-58(45-53)78-71-27-11-3-19-63(71)64-20-4-12-28-72(64)78;29-25-9-17-1-18(10-25)6-20-3-22(14-27(31)12-20)8-24-4-23(15-28(32)16-24)7-21-2-19(5-17)11-26(30)13-21/h1-36,41-48H,37-40H2;1-4,9-16H,5-8H2. The van der Waals surface area contributed by atoms with E-state index >= 15 is 0 Å². The van der Waals surface area contributed by atoms with Crippen molar-refractivity contribution in [3.8, 4) is 22.7 Å². The van der Waals surface area contributed by atoms with E-state index in [2.05, 4.69) is 422 Å². The highest BCUT2D eigenvalue weighted by molar-refractivity contribution is 9.11. The molecule has 0 saturated carbocycles. The SMILES string of the molecule is Brc1cc2cc(c1)Cc1cc(Br)cc(c1)Cc1cc(Br)cc(c1)Cc1cc(Br)cc(c1)C2.c1ccc2c(c1)c1ccccc1n2-c1cc2cc(c1)Cc1cc(cc(-n3c4ccccc4c4ccccc43)c1)Cc1cc(cc(-n3c4ccccc4c4ccccc43)c1)Cc1cc(cc(-n3c4ccccc4c4ccccc43)c1)C2. The molecule has 4 nitrogen and oxygen atoms in total. The van der Waals surface area contributed by atoms with Gasteiger partial charge in [0.2, 0.25) is 0 Å². The van der Waals surface area contributed by atoms with E-state index in [0.717, 1.165) is 69.3 Å². The third-order valence-electron chi connectivity index (χ3n) is 22.8. The molecule has 0 fully saturated rings. The van der Waals surface area contributed by atoms with Gasteiger partial charge in [0.15, 0.2) is 0 Å². The van der Waals surface area contributed by atoms with Crippen molar-refractivity contribution in [3.05, 3.63) is 447 Å². The maximum Gasteiger partial charge on any atom is 0.0541 e. The van der Waals surface area contributed by atoms with Gasteiger partial charge in [-0.25, -0.2) is 0 Å². The number of benzene rings is 16. The van der Waals surface area contributed by atoms with E-state index in [4.69, 9.17) is 0 Å². The Hall–Kier alpha value is -11.4. The Balaban J connectivity index is 0.000000207. The zero-order chi connectivity index (χ0) is 74.7. The molecule has 4 aromatic heterocycles. The van der Waals surface area contributed by atoms with Crippen molar-refractivity contribution in [2.24, 2.45) is 0 Å². The van der Waals surface area contributed by atoms with Crippen LogP contribution >= 0.6 is 63.7 Å². The average Bonchev–Trinajstić information content (AvgIpc) is 1.62.